The number of rotatable bonds is 3. The number of hydroxylamine groups is 1. The summed E-state index contributed by atoms with van der Waals surface area (Å²) < 4.78 is 2.27. The van der Waals surface area contributed by atoms with E-state index >= 15 is 0 Å². The highest BCUT2D eigenvalue weighted by molar-refractivity contribution is 5.46. The van der Waals surface area contributed by atoms with Crippen LogP contribution >= 0.6 is 0 Å². The Balaban J connectivity index is 2.10. The zero-order valence-corrected chi connectivity index (χ0v) is 8.08. The van der Waals surface area contributed by atoms with E-state index in [0.29, 0.717) is 0 Å². The van der Waals surface area contributed by atoms with Gasteiger partial charge in [-0.05, 0) is 11.6 Å². The molecule has 0 amide bonds. The van der Waals surface area contributed by atoms with Crippen LogP contribution in [0.2, 0.25) is 0 Å². The standard InChI is InChI=1S/C9H15N3O/c1-11-3-4-12-7-8(5-9(11)12)6-10-13-2/h5,7,10H,3-4,6H2,1-2H3. The highest BCUT2D eigenvalue weighted by atomic mass is 16.6. The summed E-state index contributed by atoms with van der Waals surface area (Å²) in [6.07, 6.45) is 2.17. The van der Waals surface area contributed by atoms with Crippen molar-refractivity contribution in [1.82, 2.24) is 10.0 Å². The van der Waals surface area contributed by atoms with Crippen LogP contribution in [0.5, 0.6) is 0 Å². The first-order valence-corrected chi connectivity index (χ1v) is 4.47. The number of hydrogen-bond acceptors (Lipinski definition) is 3. The molecule has 0 unspecified atom stereocenters. The predicted molar refractivity (Wildman–Crippen MR) is 51.6 cm³/mol. The summed E-state index contributed by atoms with van der Waals surface area (Å²) in [5.74, 6) is 1.30. The molecular weight excluding hydrogens is 166 g/mol. The van der Waals surface area contributed by atoms with E-state index in [4.69, 9.17) is 4.84 Å². The van der Waals surface area contributed by atoms with E-state index in [1.807, 2.05) is 0 Å². The van der Waals surface area contributed by atoms with Crippen LogP contribution in [0.25, 0.3) is 0 Å². The number of nitrogens with one attached hydrogen (secondary N) is 1. The van der Waals surface area contributed by atoms with Crippen LogP contribution in [0.3, 0.4) is 0 Å². The molecule has 1 aromatic heterocycles. The van der Waals surface area contributed by atoms with Crippen LogP contribution in [-0.4, -0.2) is 25.3 Å². The lowest BCUT2D eigenvalue weighted by molar-refractivity contribution is 0.0867. The van der Waals surface area contributed by atoms with Crippen molar-refractivity contribution < 1.29 is 4.84 Å². The van der Waals surface area contributed by atoms with Crippen molar-refractivity contribution in [3.8, 4) is 0 Å². The Hall–Kier alpha value is -1.00. The van der Waals surface area contributed by atoms with E-state index in [1.165, 1.54) is 11.4 Å². The molecule has 1 aliphatic heterocycles. The number of likely N-dealkylation sites (N-methyl/N-ethyl adjacent to an activating group) is 1. The molecule has 0 fully saturated rings. The van der Waals surface area contributed by atoms with E-state index < -0.39 is 0 Å². The molecule has 0 aromatic carbocycles. The van der Waals surface area contributed by atoms with Crippen LogP contribution in [0.15, 0.2) is 12.3 Å². The SMILES string of the molecule is CONCc1cc2n(c1)CCN2C. The lowest BCUT2D eigenvalue weighted by Gasteiger charge is -2.07. The smallest absolute Gasteiger partial charge is 0.108 e. The van der Waals surface area contributed by atoms with Crippen molar-refractivity contribution in [3.05, 3.63) is 17.8 Å². The van der Waals surface area contributed by atoms with Gasteiger partial charge >= 0.3 is 0 Å². The van der Waals surface area contributed by atoms with Crippen molar-refractivity contribution >= 4 is 5.82 Å². The van der Waals surface area contributed by atoms with Gasteiger partial charge in [-0.3, -0.25) is 0 Å². The Labute approximate surface area is 78.0 Å². The molecule has 0 radical (unpaired) electrons. The summed E-state index contributed by atoms with van der Waals surface area (Å²) in [5, 5.41) is 0. The molecule has 2 heterocycles. The van der Waals surface area contributed by atoms with E-state index in [2.05, 4.69) is 34.3 Å². The third-order valence-corrected chi connectivity index (χ3v) is 2.42. The highest BCUT2D eigenvalue weighted by Gasteiger charge is 2.15. The summed E-state index contributed by atoms with van der Waals surface area (Å²) in [7, 11) is 3.75. The van der Waals surface area contributed by atoms with Crippen molar-refractivity contribution in [1.29, 1.82) is 0 Å². The normalized spacial score (nSPS) is 15.1. The maximum Gasteiger partial charge on any atom is 0.108 e. The van der Waals surface area contributed by atoms with Crippen molar-refractivity contribution in [3.63, 3.8) is 0 Å². The number of hydrogen-bond donors (Lipinski definition) is 1. The molecule has 0 spiro atoms. The maximum atomic E-state index is 4.80. The minimum absolute atomic E-state index is 0.768. The Morgan fingerprint density at radius 2 is 2.38 bits per heavy atom. The molecule has 0 aliphatic carbocycles. The minimum atomic E-state index is 0.768. The third-order valence-electron chi connectivity index (χ3n) is 2.42. The van der Waals surface area contributed by atoms with Crippen LogP contribution in [0.1, 0.15) is 5.56 Å². The number of fused-ring (bicyclic) bond motifs is 1. The Bertz CT molecular complexity index is 295. The molecule has 0 bridgehead atoms. The predicted octanol–water partition coefficient (Wildman–Crippen LogP) is 0.589. The molecule has 72 valence electrons. The molecule has 2 rings (SSSR count). The fraction of sp³-hybridized carbons (Fsp3) is 0.556. The largest absolute Gasteiger partial charge is 0.359 e. The first kappa shape index (κ1) is 8.59. The average Bonchev–Trinajstić information content (AvgIpc) is 2.65. The number of aromatic nitrogens is 1. The Morgan fingerprint density at radius 3 is 3.08 bits per heavy atom. The number of nitrogens with zero attached hydrogens (tertiary/aromatic N) is 2. The van der Waals surface area contributed by atoms with Crippen molar-refractivity contribution in [2.75, 3.05) is 25.6 Å². The lowest BCUT2D eigenvalue weighted by atomic mass is 10.3. The van der Waals surface area contributed by atoms with E-state index in [1.54, 1.807) is 7.11 Å². The Morgan fingerprint density at radius 1 is 1.54 bits per heavy atom. The van der Waals surface area contributed by atoms with Gasteiger partial charge in [-0.1, -0.05) is 0 Å². The topological polar surface area (TPSA) is 29.4 Å². The summed E-state index contributed by atoms with van der Waals surface area (Å²) in [5.41, 5.74) is 4.10. The van der Waals surface area contributed by atoms with E-state index in [9.17, 15) is 0 Å². The highest BCUT2D eigenvalue weighted by Crippen LogP contribution is 2.22. The molecule has 0 saturated heterocycles. The molecule has 4 heteroatoms. The lowest BCUT2D eigenvalue weighted by Crippen LogP contribution is -2.13. The van der Waals surface area contributed by atoms with Crippen LogP contribution < -0.4 is 10.4 Å². The maximum absolute atomic E-state index is 4.80. The quantitative estimate of drug-likeness (QED) is 0.692. The molecule has 1 aromatic rings. The van der Waals surface area contributed by atoms with Crippen molar-refractivity contribution in [2.45, 2.75) is 13.1 Å². The molecule has 13 heavy (non-hydrogen) atoms. The van der Waals surface area contributed by atoms with Gasteiger partial charge in [0.05, 0.1) is 7.11 Å². The third kappa shape index (κ3) is 1.55. The van der Waals surface area contributed by atoms with Crippen LogP contribution in [0, 0.1) is 0 Å². The van der Waals surface area contributed by atoms with Gasteiger partial charge < -0.3 is 14.3 Å². The molecule has 0 atom stereocenters. The fourth-order valence-electron chi connectivity index (χ4n) is 1.69. The van der Waals surface area contributed by atoms with Gasteiger partial charge in [0.15, 0.2) is 0 Å². The van der Waals surface area contributed by atoms with Gasteiger partial charge in [-0.2, -0.15) is 5.48 Å². The zero-order valence-electron chi connectivity index (χ0n) is 8.08. The summed E-state index contributed by atoms with van der Waals surface area (Å²) >= 11 is 0. The fourth-order valence-corrected chi connectivity index (χ4v) is 1.69. The molecular formula is C9H15N3O. The second-order valence-corrected chi connectivity index (χ2v) is 3.35. The van der Waals surface area contributed by atoms with Gasteiger partial charge in [-0.25, -0.2) is 0 Å². The zero-order chi connectivity index (χ0) is 9.26. The van der Waals surface area contributed by atoms with Crippen LogP contribution in [-0.2, 0) is 17.9 Å². The molecule has 1 N–H and O–H groups in total. The summed E-state index contributed by atoms with van der Waals surface area (Å²) in [4.78, 5) is 7.06. The van der Waals surface area contributed by atoms with Crippen LogP contribution in [0.4, 0.5) is 5.82 Å². The monoisotopic (exact) mass is 181 g/mol. The minimum Gasteiger partial charge on any atom is -0.359 e. The second kappa shape index (κ2) is 3.40. The second-order valence-electron chi connectivity index (χ2n) is 3.35. The molecule has 0 saturated carbocycles. The molecule has 1 aliphatic rings. The van der Waals surface area contributed by atoms with Gasteiger partial charge in [0.25, 0.3) is 0 Å². The number of anilines is 1. The van der Waals surface area contributed by atoms with Gasteiger partial charge in [0, 0.05) is 32.9 Å². The Kier molecular flexibility index (Phi) is 2.24. The first-order valence-electron chi connectivity index (χ1n) is 4.47. The van der Waals surface area contributed by atoms with Gasteiger partial charge in [0.1, 0.15) is 5.82 Å². The summed E-state index contributed by atoms with van der Waals surface area (Å²) in [6.45, 7) is 2.98. The van der Waals surface area contributed by atoms with E-state index in [-0.39, 0.29) is 0 Å². The molecule has 4 nitrogen and oxygen atoms in total. The first-order chi connectivity index (χ1) is 6.31. The summed E-state index contributed by atoms with van der Waals surface area (Å²) in [6, 6.07) is 2.19. The van der Waals surface area contributed by atoms with Gasteiger partial charge in [-0.15, -0.1) is 0 Å². The average molecular weight is 181 g/mol. The van der Waals surface area contributed by atoms with Crippen molar-refractivity contribution in [2.24, 2.45) is 0 Å². The van der Waals surface area contributed by atoms with E-state index in [0.717, 1.165) is 19.6 Å². The van der Waals surface area contributed by atoms with Gasteiger partial charge in [0.2, 0.25) is 0 Å².